The van der Waals surface area contributed by atoms with E-state index in [1.807, 2.05) is 0 Å². The molecule has 0 spiro atoms. The maximum Gasteiger partial charge on any atom is 0.225 e. The molecule has 0 radical (unpaired) electrons. The van der Waals surface area contributed by atoms with Gasteiger partial charge in [-0.05, 0) is 48.4 Å². The summed E-state index contributed by atoms with van der Waals surface area (Å²) in [4.78, 5) is 22.9. The van der Waals surface area contributed by atoms with Crippen molar-refractivity contribution in [2.75, 3.05) is 0 Å². The second-order valence-electron chi connectivity index (χ2n) is 5.91. The van der Waals surface area contributed by atoms with E-state index in [0.717, 1.165) is 32.1 Å². The Hall–Kier alpha value is -0.340. The highest BCUT2D eigenvalue weighted by atomic mass is 35.5. The van der Waals surface area contributed by atoms with Crippen LogP contribution in [-0.4, -0.2) is 10.5 Å². The lowest BCUT2D eigenvalue weighted by Gasteiger charge is -2.20. The molecule has 0 saturated heterocycles. The van der Waals surface area contributed by atoms with Crippen molar-refractivity contribution in [3.8, 4) is 0 Å². The Kier molecular flexibility index (Phi) is 14.0. The lowest BCUT2D eigenvalue weighted by atomic mass is 9.85. The van der Waals surface area contributed by atoms with Crippen LogP contribution in [0.2, 0.25) is 0 Å². The minimum Gasteiger partial charge on any atom is -0.281 e. The Morgan fingerprint density at radius 2 is 1.59 bits per heavy atom. The second-order valence-corrected chi connectivity index (χ2v) is 6.70. The van der Waals surface area contributed by atoms with E-state index < -0.39 is 16.4 Å². The third-order valence-corrected chi connectivity index (χ3v) is 4.37. The van der Waals surface area contributed by atoms with Gasteiger partial charge in [0.15, 0.2) is 0 Å². The molecule has 22 heavy (non-hydrogen) atoms. The summed E-state index contributed by atoms with van der Waals surface area (Å²) < 4.78 is 0. The fraction of sp³-hybridized carbons (Fsp3) is 0.778. The van der Waals surface area contributed by atoms with Crippen molar-refractivity contribution < 1.29 is 9.59 Å². The van der Waals surface area contributed by atoms with Crippen LogP contribution in [0.15, 0.2) is 12.2 Å². The molecule has 0 aliphatic heterocycles. The first-order valence-electron chi connectivity index (χ1n) is 8.57. The standard InChI is InChI=1S/C18H30Cl2O2/c1-3-5-7-9-11-13-15(12-10-8-6-4-2)16(18(20)22)14-17(19)21/h11,13,15-16H,3-10,12,14H2,1-2H3. The predicted molar refractivity (Wildman–Crippen MR) is 95.4 cm³/mol. The van der Waals surface area contributed by atoms with Crippen LogP contribution in [0.3, 0.4) is 0 Å². The van der Waals surface area contributed by atoms with Gasteiger partial charge in [-0.25, -0.2) is 0 Å². The molecular formula is C18H30Cl2O2. The van der Waals surface area contributed by atoms with Crippen LogP contribution in [0.5, 0.6) is 0 Å². The summed E-state index contributed by atoms with van der Waals surface area (Å²) in [5, 5.41) is -0.940. The Morgan fingerprint density at radius 3 is 2.14 bits per heavy atom. The van der Waals surface area contributed by atoms with Crippen LogP contribution in [0, 0.1) is 11.8 Å². The van der Waals surface area contributed by atoms with E-state index in [2.05, 4.69) is 26.0 Å². The summed E-state index contributed by atoms with van der Waals surface area (Å²) in [6.07, 6.45) is 14.3. The summed E-state index contributed by atoms with van der Waals surface area (Å²) in [6.45, 7) is 4.34. The van der Waals surface area contributed by atoms with Gasteiger partial charge in [-0.2, -0.15) is 0 Å². The molecule has 0 aliphatic rings. The molecular weight excluding hydrogens is 319 g/mol. The van der Waals surface area contributed by atoms with Gasteiger partial charge in [0, 0.05) is 12.3 Å². The SMILES string of the molecule is CCCCCC=CC(CCCCCC)C(CC(=O)Cl)C(=O)Cl. The van der Waals surface area contributed by atoms with E-state index in [4.69, 9.17) is 23.2 Å². The van der Waals surface area contributed by atoms with Crippen molar-refractivity contribution in [3.05, 3.63) is 12.2 Å². The van der Waals surface area contributed by atoms with Crippen LogP contribution in [0.4, 0.5) is 0 Å². The third-order valence-electron chi connectivity index (χ3n) is 3.94. The topological polar surface area (TPSA) is 34.1 Å². The number of halogens is 2. The summed E-state index contributed by atoms with van der Waals surface area (Å²) in [6, 6.07) is 0. The van der Waals surface area contributed by atoms with E-state index >= 15 is 0 Å². The van der Waals surface area contributed by atoms with Crippen LogP contribution in [0.25, 0.3) is 0 Å². The molecule has 128 valence electrons. The second kappa shape index (κ2) is 14.3. The molecule has 0 heterocycles. The Labute approximate surface area is 145 Å². The van der Waals surface area contributed by atoms with Gasteiger partial charge in [-0.15, -0.1) is 0 Å². The minimum atomic E-state index is -0.490. The van der Waals surface area contributed by atoms with E-state index in [1.165, 1.54) is 25.7 Å². The van der Waals surface area contributed by atoms with Crippen molar-refractivity contribution >= 4 is 33.7 Å². The zero-order valence-electron chi connectivity index (χ0n) is 14.0. The van der Waals surface area contributed by atoms with Crippen LogP contribution in [-0.2, 0) is 9.59 Å². The number of allylic oxidation sites excluding steroid dienone is 2. The van der Waals surface area contributed by atoms with E-state index in [9.17, 15) is 9.59 Å². The fourth-order valence-electron chi connectivity index (χ4n) is 2.59. The first-order valence-corrected chi connectivity index (χ1v) is 9.32. The number of hydrogen-bond donors (Lipinski definition) is 0. The maximum absolute atomic E-state index is 11.7. The molecule has 2 unspecified atom stereocenters. The largest absolute Gasteiger partial charge is 0.281 e. The van der Waals surface area contributed by atoms with Gasteiger partial charge in [-0.1, -0.05) is 64.5 Å². The van der Waals surface area contributed by atoms with Crippen LogP contribution < -0.4 is 0 Å². The zero-order valence-corrected chi connectivity index (χ0v) is 15.5. The van der Waals surface area contributed by atoms with Crippen molar-refractivity contribution in [1.29, 1.82) is 0 Å². The average molecular weight is 349 g/mol. The lowest BCUT2D eigenvalue weighted by Crippen LogP contribution is -2.21. The Bertz CT molecular complexity index is 340. The van der Waals surface area contributed by atoms with Gasteiger partial charge < -0.3 is 0 Å². The fourth-order valence-corrected chi connectivity index (χ4v) is 3.00. The number of carbonyl (C=O) groups is 2. The first-order chi connectivity index (χ1) is 10.5. The molecule has 2 atom stereocenters. The van der Waals surface area contributed by atoms with Crippen LogP contribution in [0.1, 0.15) is 78.1 Å². The lowest BCUT2D eigenvalue weighted by molar-refractivity contribution is -0.121. The molecule has 4 heteroatoms. The average Bonchev–Trinajstić information content (AvgIpc) is 2.46. The number of rotatable bonds is 14. The van der Waals surface area contributed by atoms with Gasteiger partial charge >= 0.3 is 0 Å². The molecule has 0 amide bonds. The predicted octanol–water partition coefficient (Wildman–Crippen LogP) is 6.25. The normalized spacial score (nSPS) is 14.2. The summed E-state index contributed by atoms with van der Waals surface area (Å²) in [5.74, 6) is -0.470. The highest BCUT2D eigenvalue weighted by Crippen LogP contribution is 2.27. The van der Waals surface area contributed by atoms with E-state index in [1.54, 1.807) is 0 Å². The van der Waals surface area contributed by atoms with E-state index in [0.29, 0.717) is 0 Å². The number of unbranched alkanes of at least 4 members (excludes halogenated alkanes) is 6. The van der Waals surface area contributed by atoms with Crippen molar-refractivity contribution in [1.82, 2.24) is 0 Å². The highest BCUT2D eigenvalue weighted by molar-refractivity contribution is 6.66. The highest BCUT2D eigenvalue weighted by Gasteiger charge is 2.26. The molecule has 0 aromatic carbocycles. The maximum atomic E-state index is 11.7. The smallest absolute Gasteiger partial charge is 0.225 e. The van der Waals surface area contributed by atoms with Crippen molar-refractivity contribution in [2.24, 2.45) is 11.8 Å². The molecule has 0 rings (SSSR count). The molecule has 2 nitrogen and oxygen atoms in total. The first kappa shape index (κ1) is 21.7. The summed E-state index contributed by atoms with van der Waals surface area (Å²) in [5.41, 5.74) is 0. The summed E-state index contributed by atoms with van der Waals surface area (Å²) in [7, 11) is 0. The van der Waals surface area contributed by atoms with Gasteiger partial charge in [0.05, 0.1) is 0 Å². The molecule has 0 aromatic rings. The molecule has 0 aromatic heterocycles. The Balaban J connectivity index is 4.64. The molecule has 0 saturated carbocycles. The number of hydrogen-bond acceptors (Lipinski definition) is 2. The van der Waals surface area contributed by atoms with Crippen molar-refractivity contribution in [3.63, 3.8) is 0 Å². The monoisotopic (exact) mass is 348 g/mol. The van der Waals surface area contributed by atoms with Gasteiger partial charge in [0.25, 0.3) is 0 Å². The molecule has 0 bridgehead atoms. The van der Waals surface area contributed by atoms with Gasteiger partial charge in [0.1, 0.15) is 0 Å². The third kappa shape index (κ3) is 11.3. The van der Waals surface area contributed by atoms with Gasteiger partial charge in [0.2, 0.25) is 10.5 Å². The minimum absolute atomic E-state index is 0.0196. The Morgan fingerprint density at radius 1 is 0.955 bits per heavy atom. The van der Waals surface area contributed by atoms with Crippen LogP contribution >= 0.6 is 23.2 Å². The zero-order chi connectivity index (χ0) is 16.8. The van der Waals surface area contributed by atoms with E-state index in [-0.39, 0.29) is 12.3 Å². The van der Waals surface area contributed by atoms with Crippen molar-refractivity contribution in [2.45, 2.75) is 78.1 Å². The summed E-state index contributed by atoms with van der Waals surface area (Å²) >= 11 is 11.2. The molecule has 0 fully saturated rings. The molecule has 0 N–H and O–H groups in total. The quantitative estimate of drug-likeness (QED) is 0.211. The number of carbonyl (C=O) groups excluding carboxylic acids is 2. The van der Waals surface area contributed by atoms with Gasteiger partial charge in [-0.3, -0.25) is 9.59 Å². The molecule has 0 aliphatic carbocycles.